The van der Waals surface area contributed by atoms with E-state index < -0.39 is 10.4 Å². The fourth-order valence-electron chi connectivity index (χ4n) is 3.78. The van der Waals surface area contributed by atoms with E-state index in [1.165, 1.54) is 50.5 Å². The molecule has 1 aromatic rings. The maximum Gasteiger partial charge on any atom is 0.394 e. The summed E-state index contributed by atoms with van der Waals surface area (Å²) in [6.07, 6.45) is 10.1. The van der Waals surface area contributed by atoms with Gasteiger partial charge in [-0.3, -0.25) is 9.11 Å². The van der Waals surface area contributed by atoms with Crippen LogP contribution in [0.2, 0.25) is 0 Å². The number of hydrogen-bond acceptors (Lipinski definition) is 6. The van der Waals surface area contributed by atoms with E-state index in [1.54, 1.807) is 0 Å². The Labute approximate surface area is 199 Å². The molecule has 9 nitrogen and oxygen atoms in total. The van der Waals surface area contributed by atoms with Gasteiger partial charge in [0.05, 0.1) is 19.8 Å². The molecule has 0 saturated heterocycles. The third-order valence-corrected chi connectivity index (χ3v) is 5.57. The van der Waals surface area contributed by atoms with Crippen molar-refractivity contribution in [3.8, 4) is 5.75 Å². The summed E-state index contributed by atoms with van der Waals surface area (Å²) in [6, 6.07) is 8.23. The Bertz CT molecular complexity index is 674. The summed E-state index contributed by atoms with van der Waals surface area (Å²) in [6.45, 7) is 5.08. The predicted octanol–water partition coefficient (Wildman–Crippen LogP) is 2.50. The van der Waals surface area contributed by atoms with Gasteiger partial charge in [-0.25, -0.2) is 0 Å². The van der Waals surface area contributed by atoms with E-state index in [1.807, 2.05) is 12.1 Å². The number of hydrogen-bond donors (Lipinski definition) is 5. The van der Waals surface area contributed by atoms with Crippen LogP contribution in [0.5, 0.6) is 5.75 Å². The topological polar surface area (TPSA) is 145 Å². The van der Waals surface area contributed by atoms with Gasteiger partial charge in [-0.05, 0) is 24.5 Å². The first-order valence-electron chi connectivity index (χ1n) is 11.8. The SMILES string of the molecule is CCCCCCCCCc1ccccc1OCC[N+](CCO)(CCO)CCO.O=S(=O)(O)O. The summed E-state index contributed by atoms with van der Waals surface area (Å²) in [5, 5.41) is 28.2. The van der Waals surface area contributed by atoms with E-state index in [0.717, 1.165) is 12.2 Å². The number of rotatable bonds is 18. The van der Waals surface area contributed by atoms with Crippen LogP contribution in [0.3, 0.4) is 0 Å². The van der Waals surface area contributed by atoms with E-state index in [0.29, 0.717) is 37.3 Å². The number of benzene rings is 1. The molecular formula is C23H44NO8S+. The average molecular weight is 495 g/mol. The van der Waals surface area contributed by atoms with Gasteiger partial charge in [0.2, 0.25) is 0 Å². The molecule has 0 radical (unpaired) electrons. The minimum atomic E-state index is -4.67. The fourth-order valence-corrected chi connectivity index (χ4v) is 3.78. The second kappa shape index (κ2) is 19.1. The van der Waals surface area contributed by atoms with Crippen molar-refractivity contribution in [1.82, 2.24) is 0 Å². The van der Waals surface area contributed by atoms with Crippen LogP contribution in [0.15, 0.2) is 24.3 Å². The van der Waals surface area contributed by atoms with Gasteiger partial charge >= 0.3 is 10.4 Å². The number of aryl methyl sites for hydroxylation is 1. The van der Waals surface area contributed by atoms with Crippen molar-refractivity contribution in [3.63, 3.8) is 0 Å². The second-order valence-corrected chi connectivity index (χ2v) is 9.08. The molecule has 33 heavy (non-hydrogen) atoms. The summed E-state index contributed by atoms with van der Waals surface area (Å²) in [4.78, 5) is 0. The zero-order valence-electron chi connectivity index (χ0n) is 19.9. The number of nitrogens with zero attached hydrogens (tertiary/aromatic N) is 1. The van der Waals surface area contributed by atoms with Crippen molar-refractivity contribution in [2.24, 2.45) is 0 Å². The molecule has 1 rings (SSSR count). The molecule has 0 aromatic heterocycles. The van der Waals surface area contributed by atoms with Crippen LogP contribution in [-0.4, -0.2) is 89.9 Å². The fraction of sp³-hybridized carbons (Fsp3) is 0.739. The lowest BCUT2D eigenvalue weighted by Crippen LogP contribution is -2.55. The molecule has 5 N–H and O–H groups in total. The highest BCUT2D eigenvalue weighted by molar-refractivity contribution is 7.79. The monoisotopic (exact) mass is 494 g/mol. The zero-order chi connectivity index (χ0) is 25.0. The smallest absolute Gasteiger partial charge is 0.394 e. The van der Waals surface area contributed by atoms with Gasteiger partial charge in [0.25, 0.3) is 0 Å². The lowest BCUT2D eigenvalue weighted by molar-refractivity contribution is -0.928. The molecule has 0 bridgehead atoms. The van der Waals surface area contributed by atoms with E-state index in [-0.39, 0.29) is 19.8 Å². The highest BCUT2D eigenvalue weighted by Crippen LogP contribution is 2.21. The molecule has 10 heteroatoms. The molecule has 0 aliphatic rings. The molecule has 0 unspecified atom stereocenters. The Hall–Kier alpha value is -1.27. The summed E-state index contributed by atoms with van der Waals surface area (Å²) in [7, 11) is -4.67. The highest BCUT2D eigenvalue weighted by Gasteiger charge is 2.26. The van der Waals surface area contributed by atoms with E-state index in [4.69, 9.17) is 22.3 Å². The van der Waals surface area contributed by atoms with Crippen LogP contribution < -0.4 is 4.74 Å². The third kappa shape index (κ3) is 17.8. The Morgan fingerprint density at radius 3 is 1.79 bits per heavy atom. The quantitative estimate of drug-likeness (QED) is 0.119. The normalized spacial score (nSPS) is 11.7. The summed E-state index contributed by atoms with van der Waals surface area (Å²) in [5.74, 6) is 0.934. The Morgan fingerprint density at radius 2 is 1.27 bits per heavy atom. The largest absolute Gasteiger partial charge is 0.487 e. The number of unbranched alkanes of at least 4 members (excludes halogenated alkanes) is 6. The van der Waals surface area contributed by atoms with Crippen LogP contribution in [0.1, 0.15) is 57.4 Å². The number of aliphatic hydroxyl groups is 3. The molecule has 0 saturated carbocycles. The van der Waals surface area contributed by atoms with Crippen LogP contribution >= 0.6 is 0 Å². The van der Waals surface area contributed by atoms with Gasteiger partial charge in [-0.15, -0.1) is 0 Å². The Balaban J connectivity index is 0.00000184. The molecule has 0 spiro atoms. The van der Waals surface area contributed by atoms with Crippen LogP contribution in [0.4, 0.5) is 0 Å². The average Bonchev–Trinajstić information content (AvgIpc) is 2.73. The van der Waals surface area contributed by atoms with Crippen LogP contribution in [0, 0.1) is 0 Å². The summed E-state index contributed by atoms with van der Waals surface area (Å²) in [5.41, 5.74) is 1.25. The number of ether oxygens (including phenoxy) is 1. The van der Waals surface area contributed by atoms with Gasteiger partial charge in [-0.2, -0.15) is 8.42 Å². The van der Waals surface area contributed by atoms with Crippen molar-refractivity contribution < 1.29 is 42.1 Å². The van der Waals surface area contributed by atoms with Crippen LogP contribution in [0.25, 0.3) is 0 Å². The maximum atomic E-state index is 9.38. The first-order valence-corrected chi connectivity index (χ1v) is 13.2. The van der Waals surface area contributed by atoms with Crippen molar-refractivity contribution in [1.29, 1.82) is 0 Å². The molecule has 0 heterocycles. The Kier molecular flexibility index (Phi) is 18.3. The zero-order valence-corrected chi connectivity index (χ0v) is 20.8. The van der Waals surface area contributed by atoms with Crippen molar-refractivity contribution in [2.45, 2.75) is 58.3 Å². The third-order valence-electron chi connectivity index (χ3n) is 5.57. The summed E-state index contributed by atoms with van der Waals surface area (Å²) >= 11 is 0. The standard InChI is InChI=1S/C23H42NO4.H2O4S/c1-2-3-4-5-6-7-8-11-22-12-9-10-13-23(22)28-21-17-24(14-18-25,15-19-26)16-20-27;1-5(2,3)4/h9-10,12-13,25-27H,2-8,11,14-21H2,1H3;(H2,1,2,3,4)/q+1;. The number of aliphatic hydroxyl groups excluding tert-OH is 3. The van der Waals surface area contributed by atoms with E-state index >= 15 is 0 Å². The van der Waals surface area contributed by atoms with Gasteiger partial charge in [0.15, 0.2) is 0 Å². The number of quaternary nitrogens is 1. The van der Waals surface area contributed by atoms with Crippen molar-refractivity contribution in [3.05, 3.63) is 29.8 Å². The Morgan fingerprint density at radius 1 is 0.788 bits per heavy atom. The first-order chi connectivity index (χ1) is 15.7. The van der Waals surface area contributed by atoms with Crippen molar-refractivity contribution in [2.75, 3.05) is 52.6 Å². The first kappa shape index (κ1) is 31.7. The molecule has 0 aliphatic carbocycles. The summed E-state index contributed by atoms with van der Waals surface area (Å²) < 4.78 is 38.1. The molecule has 194 valence electrons. The van der Waals surface area contributed by atoms with E-state index in [2.05, 4.69) is 19.1 Å². The molecule has 1 aromatic carbocycles. The number of para-hydroxylation sites is 1. The lowest BCUT2D eigenvalue weighted by Gasteiger charge is -2.37. The molecule has 0 atom stereocenters. The van der Waals surface area contributed by atoms with E-state index in [9.17, 15) is 15.3 Å². The highest BCUT2D eigenvalue weighted by atomic mass is 32.3. The molecule has 0 fully saturated rings. The van der Waals surface area contributed by atoms with Gasteiger partial charge < -0.3 is 24.5 Å². The van der Waals surface area contributed by atoms with Crippen molar-refractivity contribution >= 4 is 10.4 Å². The van der Waals surface area contributed by atoms with Gasteiger partial charge in [-0.1, -0.05) is 63.6 Å². The van der Waals surface area contributed by atoms with Gasteiger partial charge in [0, 0.05) is 0 Å². The maximum absolute atomic E-state index is 9.38. The molecule has 0 aliphatic heterocycles. The molecular weight excluding hydrogens is 450 g/mol. The lowest BCUT2D eigenvalue weighted by atomic mass is 10.0. The minimum Gasteiger partial charge on any atom is -0.487 e. The second-order valence-electron chi connectivity index (χ2n) is 8.18. The molecule has 0 amide bonds. The predicted molar refractivity (Wildman–Crippen MR) is 129 cm³/mol. The minimum absolute atomic E-state index is 0.0366. The van der Waals surface area contributed by atoms with Crippen LogP contribution in [-0.2, 0) is 16.8 Å². The van der Waals surface area contributed by atoms with Gasteiger partial charge in [0.1, 0.15) is 38.5 Å².